The fraction of sp³-hybridized carbons (Fsp3) is 0.250. The molecule has 0 aliphatic rings. The number of rotatable bonds is 4. The molecule has 1 aromatic carbocycles. The molecule has 0 aliphatic carbocycles. The second-order valence-corrected chi connectivity index (χ2v) is 3.11. The third-order valence-electron chi connectivity index (χ3n) is 1.49. The van der Waals surface area contributed by atoms with Gasteiger partial charge < -0.3 is 4.74 Å². The Bertz CT molecular complexity index is 251. The van der Waals surface area contributed by atoms with Crippen molar-refractivity contribution in [1.82, 2.24) is 4.10 Å². The van der Waals surface area contributed by atoms with Gasteiger partial charge in [-0.3, -0.25) is 4.84 Å². The second-order valence-electron chi connectivity index (χ2n) is 2.32. The van der Waals surface area contributed by atoms with Crippen molar-refractivity contribution in [2.45, 2.75) is 6.61 Å². The number of methoxy groups -OCH3 is 1. The van der Waals surface area contributed by atoms with Crippen molar-refractivity contribution in [3.63, 3.8) is 0 Å². The van der Waals surface area contributed by atoms with Crippen LogP contribution in [-0.4, -0.2) is 11.2 Å². The van der Waals surface area contributed by atoms with Crippen molar-refractivity contribution in [2.24, 2.45) is 0 Å². The van der Waals surface area contributed by atoms with Crippen LogP contribution in [0.2, 0.25) is 0 Å². The molecule has 0 bridgehead atoms. The van der Waals surface area contributed by atoms with Gasteiger partial charge in [-0.05, 0) is 21.8 Å². The van der Waals surface area contributed by atoms with E-state index < -0.39 is 0 Å². The molecule has 0 radical (unpaired) electrons. The number of halogens is 2. The maximum Gasteiger partial charge on any atom is 0.118 e. The summed E-state index contributed by atoms with van der Waals surface area (Å²) in [5, 5.41) is 0. The third-order valence-corrected chi connectivity index (χ3v) is 1.68. The molecule has 1 rings (SSSR count). The molecule has 3 nitrogen and oxygen atoms in total. The highest BCUT2D eigenvalue weighted by Gasteiger charge is 1.97. The van der Waals surface area contributed by atoms with Gasteiger partial charge in [-0.1, -0.05) is 12.1 Å². The summed E-state index contributed by atoms with van der Waals surface area (Å²) in [7, 11) is 1.62. The zero-order valence-electron chi connectivity index (χ0n) is 7.04. The van der Waals surface area contributed by atoms with Crippen LogP contribution in [0.4, 0.5) is 0 Å². The smallest absolute Gasteiger partial charge is 0.118 e. The van der Waals surface area contributed by atoms with Crippen molar-refractivity contribution >= 4 is 23.6 Å². The lowest BCUT2D eigenvalue weighted by molar-refractivity contribution is -0.0259. The zero-order chi connectivity index (χ0) is 9.68. The highest BCUT2D eigenvalue weighted by molar-refractivity contribution is 6.32. The molecule has 0 saturated carbocycles. The van der Waals surface area contributed by atoms with Crippen LogP contribution >= 0.6 is 23.6 Å². The first kappa shape index (κ1) is 10.6. The van der Waals surface area contributed by atoms with E-state index in [9.17, 15) is 0 Å². The minimum atomic E-state index is 0.330. The maximum absolute atomic E-state index is 5.24. The molecule has 0 saturated heterocycles. The quantitative estimate of drug-likeness (QED) is 0.577. The molecule has 1 aromatic rings. The molecule has 0 heterocycles. The van der Waals surface area contributed by atoms with Gasteiger partial charge in [0.15, 0.2) is 0 Å². The van der Waals surface area contributed by atoms with E-state index in [1.807, 2.05) is 24.3 Å². The number of hydrogen-bond donors (Lipinski definition) is 0. The minimum absolute atomic E-state index is 0.330. The molecule has 0 atom stereocenters. The summed E-state index contributed by atoms with van der Waals surface area (Å²) in [5.74, 6) is 0.803. The molecular weight excluding hydrogens is 213 g/mol. The van der Waals surface area contributed by atoms with E-state index in [1.54, 1.807) is 7.11 Å². The lowest BCUT2D eigenvalue weighted by Gasteiger charge is -2.05. The van der Waals surface area contributed by atoms with Gasteiger partial charge in [-0.25, -0.2) is 0 Å². The summed E-state index contributed by atoms with van der Waals surface area (Å²) >= 11 is 10.5. The molecular formula is C8H9Cl2NO2. The van der Waals surface area contributed by atoms with Gasteiger partial charge in [0.1, 0.15) is 5.75 Å². The predicted octanol–water partition coefficient (Wildman–Crippen LogP) is 2.74. The van der Waals surface area contributed by atoms with Gasteiger partial charge in [0.05, 0.1) is 13.7 Å². The number of benzene rings is 1. The largest absolute Gasteiger partial charge is 0.497 e. The van der Waals surface area contributed by atoms with Crippen molar-refractivity contribution in [3.05, 3.63) is 29.8 Å². The van der Waals surface area contributed by atoms with Gasteiger partial charge in [0.25, 0.3) is 0 Å². The van der Waals surface area contributed by atoms with Crippen LogP contribution in [0.25, 0.3) is 0 Å². The van der Waals surface area contributed by atoms with Crippen LogP contribution in [0.5, 0.6) is 5.75 Å². The molecule has 0 spiro atoms. The van der Waals surface area contributed by atoms with Crippen molar-refractivity contribution in [3.8, 4) is 5.75 Å². The Labute approximate surface area is 86.9 Å². The van der Waals surface area contributed by atoms with Crippen LogP contribution < -0.4 is 4.74 Å². The summed E-state index contributed by atoms with van der Waals surface area (Å²) in [5.41, 5.74) is 0.965. The predicted molar refractivity (Wildman–Crippen MR) is 51.3 cm³/mol. The van der Waals surface area contributed by atoms with Crippen molar-refractivity contribution in [2.75, 3.05) is 7.11 Å². The Morgan fingerprint density at radius 3 is 2.31 bits per heavy atom. The monoisotopic (exact) mass is 221 g/mol. The number of nitrogens with zero attached hydrogens (tertiary/aromatic N) is 1. The topological polar surface area (TPSA) is 21.7 Å². The molecule has 0 amide bonds. The van der Waals surface area contributed by atoms with Gasteiger partial charge >= 0.3 is 0 Å². The first-order chi connectivity index (χ1) is 6.22. The standard InChI is InChI=1S/C8H9Cl2NO2/c1-12-8-4-2-7(3-5-8)6-13-11(9)10/h2-5H,6H2,1H3. The Morgan fingerprint density at radius 2 is 1.85 bits per heavy atom. The summed E-state index contributed by atoms with van der Waals surface area (Å²) in [6.45, 7) is 0.330. The lowest BCUT2D eigenvalue weighted by Crippen LogP contribution is -1.99. The molecule has 0 aromatic heterocycles. The van der Waals surface area contributed by atoms with Crippen LogP contribution in [0, 0.1) is 0 Å². The van der Waals surface area contributed by atoms with E-state index in [0.717, 1.165) is 11.3 Å². The first-order valence-electron chi connectivity index (χ1n) is 3.60. The highest BCUT2D eigenvalue weighted by atomic mass is 35.5. The fourth-order valence-corrected chi connectivity index (χ4v) is 0.943. The molecule has 72 valence electrons. The first-order valence-corrected chi connectivity index (χ1v) is 4.27. The van der Waals surface area contributed by atoms with Crippen LogP contribution in [0.3, 0.4) is 0 Å². The van der Waals surface area contributed by atoms with E-state index in [-0.39, 0.29) is 0 Å². The normalized spacial score (nSPS) is 10.5. The highest BCUT2D eigenvalue weighted by Crippen LogP contribution is 2.13. The lowest BCUT2D eigenvalue weighted by atomic mass is 10.2. The summed E-state index contributed by atoms with van der Waals surface area (Å²) in [6, 6.07) is 7.42. The molecule has 0 aliphatic heterocycles. The molecule has 13 heavy (non-hydrogen) atoms. The van der Waals surface area contributed by atoms with Crippen LogP contribution in [0.1, 0.15) is 5.56 Å². The second kappa shape index (κ2) is 5.29. The maximum atomic E-state index is 5.24. The van der Waals surface area contributed by atoms with Crippen LogP contribution in [0.15, 0.2) is 24.3 Å². The van der Waals surface area contributed by atoms with Crippen molar-refractivity contribution < 1.29 is 9.57 Å². The van der Waals surface area contributed by atoms with Crippen LogP contribution in [-0.2, 0) is 11.4 Å². The van der Waals surface area contributed by atoms with E-state index >= 15 is 0 Å². The fourth-order valence-electron chi connectivity index (χ4n) is 0.845. The van der Waals surface area contributed by atoms with Gasteiger partial charge in [-0.15, -0.1) is 0 Å². The Kier molecular flexibility index (Phi) is 4.32. The zero-order valence-corrected chi connectivity index (χ0v) is 8.55. The molecule has 0 fully saturated rings. The molecule has 5 heteroatoms. The molecule has 0 N–H and O–H groups in total. The van der Waals surface area contributed by atoms with E-state index in [4.69, 9.17) is 33.1 Å². The SMILES string of the molecule is COc1ccc(CON(Cl)Cl)cc1. The van der Waals surface area contributed by atoms with E-state index in [0.29, 0.717) is 10.7 Å². The Hall–Kier alpha value is -0.480. The van der Waals surface area contributed by atoms with Gasteiger partial charge in [-0.2, -0.15) is 0 Å². The van der Waals surface area contributed by atoms with E-state index in [2.05, 4.69) is 0 Å². The minimum Gasteiger partial charge on any atom is -0.497 e. The van der Waals surface area contributed by atoms with Gasteiger partial charge in [0.2, 0.25) is 0 Å². The molecule has 0 unspecified atom stereocenters. The van der Waals surface area contributed by atoms with E-state index in [1.165, 1.54) is 0 Å². The Balaban J connectivity index is 2.49. The average Bonchev–Trinajstić information content (AvgIpc) is 2.15. The Morgan fingerprint density at radius 1 is 1.23 bits per heavy atom. The summed E-state index contributed by atoms with van der Waals surface area (Å²) in [4.78, 5) is 4.82. The summed E-state index contributed by atoms with van der Waals surface area (Å²) < 4.78 is 5.62. The van der Waals surface area contributed by atoms with Gasteiger partial charge in [0, 0.05) is 23.6 Å². The number of hydrogen-bond acceptors (Lipinski definition) is 3. The average molecular weight is 222 g/mol. The van der Waals surface area contributed by atoms with Crippen molar-refractivity contribution in [1.29, 1.82) is 0 Å². The third kappa shape index (κ3) is 3.83. The number of ether oxygens (including phenoxy) is 1. The summed E-state index contributed by atoms with van der Waals surface area (Å²) in [6.07, 6.45) is 0.